The second-order valence-electron chi connectivity index (χ2n) is 5.61. The maximum absolute atomic E-state index is 3.63. The van der Waals surface area contributed by atoms with Gasteiger partial charge < -0.3 is 10.2 Å². The van der Waals surface area contributed by atoms with Crippen molar-refractivity contribution in [1.82, 2.24) is 5.32 Å². The highest BCUT2D eigenvalue weighted by molar-refractivity contribution is 5.49. The summed E-state index contributed by atoms with van der Waals surface area (Å²) in [5, 5.41) is 3.63. The van der Waals surface area contributed by atoms with Gasteiger partial charge in [-0.15, -0.1) is 0 Å². The molecule has 1 aromatic carbocycles. The van der Waals surface area contributed by atoms with E-state index in [-0.39, 0.29) is 0 Å². The molecule has 0 radical (unpaired) electrons. The molecule has 1 aliphatic rings. The lowest BCUT2D eigenvalue weighted by atomic mass is 10.0. The summed E-state index contributed by atoms with van der Waals surface area (Å²) in [6.07, 6.45) is 2.45. The zero-order chi connectivity index (χ0) is 13.0. The summed E-state index contributed by atoms with van der Waals surface area (Å²) in [7, 11) is 0. The molecule has 2 nitrogen and oxygen atoms in total. The molecule has 1 aliphatic heterocycles. The van der Waals surface area contributed by atoms with E-state index < -0.39 is 0 Å². The second-order valence-corrected chi connectivity index (χ2v) is 5.61. The molecule has 0 bridgehead atoms. The second kappa shape index (κ2) is 6.24. The molecule has 0 aliphatic carbocycles. The van der Waals surface area contributed by atoms with Crippen molar-refractivity contribution in [2.45, 2.75) is 45.6 Å². The summed E-state index contributed by atoms with van der Waals surface area (Å²) in [4.78, 5) is 2.54. The van der Waals surface area contributed by atoms with Gasteiger partial charge in [-0.25, -0.2) is 0 Å². The first-order valence-electron chi connectivity index (χ1n) is 7.29. The van der Waals surface area contributed by atoms with Crippen molar-refractivity contribution in [3.8, 4) is 0 Å². The highest BCUT2D eigenvalue weighted by Gasteiger charge is 2.16. The van der Waals surface area contributed by atoms with Crippen LogP contribution < -0.4 is 10.2 Å². The number of hydrogen-bond donors (Lipinski definition) is 1. The SMILES string of the molecule is CCC1CN(c2cccc(C(C)C)c2)CCCN1. The van der Waals surface area contributed by atoms with Crippen molar-refractivity contribution in [2.75, 3.05) is 24.5 Å². The first kappa shape index (κ1) is 13.4. The molecule has 1 fully saturated rings. The topological polar surface area (TPSA) is 15.3 Å². The summed E-state index contributed by atoms with van der Waals surface area (Å²) in [5.41, 5.74) is 2.83. The van der Waals surface area contributed by atoms with Gasteiger partial charge in [0.05, 0.1) is 0 Å². The Morgan fingerprint density at radius 1 is 1.39 bits per heavy atom. The Balaban J connectivity index is 2.15. The zero-order valence-corrected chi connectivity index (χ0v) is 11.9. The maximum atomic E-state index is 3.63. The zero-order valence-electron chi connectivity index (χ0n) is 11.9. The third-order valence-corrected chi connectivity index (χ3v) is 3.87. The molecular weight excluding hydrogens is 220 g/mol. The van der Waals surface area contributed by atoms with Gasteiger partial charge in [-0.3, -0.25) is 0 Å². The summed E-state index contributed by atoms with van der Waals surface area (Å²) >= 11 is 0. The molecule has 0 spiro atoms. The number of rotatable bonds is 3. The lowest BCUT2D eigenvalue weighted by molar-refractivity contribution is 0.528. The van der Waals surface area contributed by atoms with Crippen molar-refractivity contribution >= 4 is 5.69 Å². The van der Waals surface area contributed by atoms with Crippen LogP contribution in [0, 0.1) is 0 Å². The van der Waals surface area contributed by atoms with Crippen LogP contribution in [0.3, 0.4) is 0 Å². The molecule has 0 aromatic heterocycles. The number of nitrogens with one attached hydrogen (secondary N) is 1. The van der Waals surface area contributed by atoms with Crippen molar-refractivity contribution < 1.29 is 0 Å². The van der Waals surface area contributed by atoms with Gasteiger partial charge in [0, 0.05) is 24.8 Å². The molecule has 1 atom stereocenters. The Morgan fingerprint density at radius 3 is 2.94 bits per heavy atom. The number of anilines is 1. The van der Waals surface area contributed by atoms with Crippen LogP contribution in [-0.4, -0.2) is 25.7 Å². The van der Waals surface area contributed by atoms with E-state index in [1.54, 1.807) is 0 Å². The summed E-state index contributed by atoms with van der Waals surface area (Å²) in [6.45, 7) is 10.3. The molecule has 100 valence electrons. The normalized spacial score (nSPS) is 21.1. The van der Waals surface area contributed by atoms with Crippen LogP contribution >= 0.6 is 0 Å². The van der Waals surface area contributed by atoms with Crippen LogP contribution in [0.1, 0.15) is 45.1 Å². The minimum Gasteiger partial charge on any atom is -0.370 e. The number of nitrogens with zero attached hydrogens (tertiary/aromatic N) is 1. The van der Waals surface area contributed by atoms with E-state index in [1.165, 1.54) is 30.6 Å². The van der Waals surface area contributed by atoms with Gasteiger partial charge in [0.15, 0.2) is 0 Å². The Bertz CT molecular complexity index is 373. The van der Waals surface area contributed by atoms with E-state index in [0.29, 0.717) is 12.0 Å². The van der Waals surface area contributed by atoms with Crippen LogP contribution in [0.5, 0.6) is 0 Å². The molecule has 2 rings (SSSR count). The molecule has 1 unspecified atom stereocenters. The molecule has 2 heteroatoms. The third-order valence-electron chi connectivity index (χ3n) is 3.87. The van der Waals surface area contributed by atoms with Gasteiger partial charge in [0.1, 0.15) is 0 Å². The number of hydrogen-bond acceptors (Lipinski definition) is 2. The van der Waals surface area contributed by atoms with Gasteiger partial charge in [-0.05, 0) is 43.0 Å². The van der Waals surface area contributed by atoms with Crippen molar-refractivity contribution in [2.24, 2.45) is 0 Å². The summed E-state index contributed by atoms with van der Waals surface area (Å²) in [5.74, 6) is 0.608. The van der Waals surface area contributed by atoms with E-state index in [2.05, 4.69) is 55.3 Å². The van der Waals surface area contributed by atoms with Crippen LogP contribution in [0.4, 0.5) is 5.69 Å². The fourth-order valence-corrected chi connectivity index (χ4v) is 2.59. The molecule has 0 amide bonds. The highest BCUT2D eigenvalue weighted by Crippen LogP contribution is 2.22. The van der Waals surface area contributed by atoms with Gasteiger partial charge >= 0.3 is 0 Å². The van der Waals surface area contributed by atoms with Crippen LogP contribution in [0.25, 0.3) is 0 Å². The molecule has 1 N–H and O–H groups in total. The maximum Gasteiger partial charge on any atom is 0.0369 e. The van der Waals surface area contributed by atoms with E-state index in [1.807, 2.05) is 0 Å². The van der Waals surface area contributed by atoms with E-state index in [9.17, 15) is 0 Å². The van der Waals surface area contributed by atoms with Gasteiger partial charge in [0.2, 0.25) is 0 Å². The van der Waals surface area contributed by atoms with Crippen LogP contribution in [0.15, 0.2) is 24.3 Å². The van der Waals surface area contributed by atoms with E-state index in [0.717, 1.165) is 13.1 Å². The largest absolute Gasteiger partial charge is 0.370 e. The average Bonchev–Trinajstić information content (AvgIpc) is 2.64. The Kier molecular flexibility index (Phi) is 4.65. The fourth-order valence-electron chi connectivity index (χ4n) is 2.59. The first-order chi connectivity index (χ1) is 8.70. The van der Waals surface area contributed by atoms with E-state index >= 15 is 0 Å². The van der Waals surface area contributed by atoms with Crippen LogP contribution in [-0.2, 0) is 0 Å². The Hall–Kier alpha value is -1.02. The van der Waals surface area contributed by atoms with Gasteiger partial charge in [-0.1, -0.05) is 32.9 Å². The fraction of sp³-hybridized carbons (Fsp3) is 0.625. The lowest BCUT2D eigenvalue weighted by Gasteiger charge is -2.26. The van der Waals surface area contributed by atoms with E-state index in [4.69, 9.17) is 0 Å². The first-order valence-corrected chi connectivity index (χ1v) is 7.29. The van der Waals surface area contributed by atoms with Crippen molar-refractivity contribution in [3.63, 3.8) is 0 Å². The minimum absolute atomic E-state index is 0.608. The monoisotopic (exact) mass is 246 g/mol. The van der Waals surface area contributed by atoms with Crippen molar-refractivity contribution in [3.05, 3.63) is 29.8 Å². The molecule has 1 heterocycles. The van der Waals surface area contributed by atoms with Crippen molar-refractivity contribution in [1.29, 1.82) is 0 Å². The third kappa shape index (κ3) is 3.26. The van der Waals surface area contributed by atoms with Crippen LogP contribution in [0.2, 0.25) is 0 Å². The predicted molar refractivity (Wildman–Crippen MR) is 79.4 cm³/mol. The number of benzene rings is 1. The van der Waals surface area contributed by atoms with Gasteiger partial charge in [-0.2, -0.15) is 0 Å². The molecule has 1 saturated heterocycles. The summed E-state index contributed by atoms with van der Waals surface area (Å²) < 4.78 is 0. The molecule has 18 heavy (non-hydrogen) atoms. The smallest absolute Gasteiger partial charge is 0.0369 e. The quantitative estimate of drug-likeness (QED) is 0.879. The molecular formula is C16H26N2. The predicted octanol–water partition coefficient (Wildman–Crippen LogP) is 3.39. The molecule has 0 saturated carbocycles. The average molecular weight is 246 g/mol. The summed E-state index contributed by atoms with van der Waals surface area (Å²) in [6, 6.07) is 9.69. The lowest BCUT2D eigenvalue weighted by Crippen LogP contribution is -2.37. The Morgan fingerprint density at radius 2 is 2.22 bits per heavy atom. The molecule has 1 aromatic rings. The highest BCUT2D eigenvalue weighted by atomic mass is 15.2. The van der Waals surface area contributed by atoms with Gasteiger partial charge in [0.25, 0.3) is 0 Å². The Labute approximate surface area is 111 Å². The standard InChI is InChI=1S/C16H26N2/c1-4-15-12-18(10-6-9-17-15)16-8-5-7-14(11-16)13(2)3/h5,7-8,11,13,15,17H,4,6,9-10,12H2,1-3H3. The minimum atomic E-state index is 0.608.